The standard InChI is InChI=1S/C28H29Cl2F2N3O/c29-21-14-22(30)16-24(15-21)35-28(36)34-17-20(12-13-33-23-4-1-2-5-23)18-8-10-19(11-9-18)27-25(31)6-3-7-26(27)32/h3,6-11,14-16,20,23,33H,1-2,4-5,12-13,17H2,(H2,34,35,36). The predicted octanol–water partition coefficient (Wildman–Crippen LogP) is 7.77. The van der Waals surface area contributed by atoms with Crippen LogP contribution < -0.4 is 16.0 Å². The van der Waals surface area contributed by atoms with E-state index >= 15 is 0 Å². The molecule has 4 nitrogen and oxygen atoms in total. The van der Waals surface area contributed by atoms with E-state index in [1.54, 1.807) is 30.3 Å². The zero-order valence-electron chi connectivity index (χ0n) is 19.8. The fourth-order valence-electron chi connectivity index (χ4n) is 4.69. The van der Waals surface area contributed by atoms with E-state index in [0.717, 1.165) is 18.5 Å². The van der Waals surface area contributed by atoms with Gasteiger partial charge in [-0.05, 0) is 67.3 Å². The van der Waals surface area contributed by atoms with E-state index in [4.69, 9.17) is 23.2 Å². The summed E-state index contributed by atoms with van der Waals surface area (Å²) in [6.45, 7) is 1.20. The second kappa shape index (κ2) is 12.5. The molecule has 36 heavy (non-hydrogen) atoms. The maximum atomic E-state index is 14.2. The molecule has 0 radical (unpaired) electrons. The van der Waals surface area contributed by atoms with Gasteiger partial charge in [-0.15, -0.1) is 0 Å². The van der Waals surface area contributed by atoms with Gasteiger partial charge in [0.1, 0.15) is 11.6 Å². The van der Waals surface area contributed by atoms with Crippen LogP contribution in [-0.2, 0) is 0 Å². The van der Waals surface area contributed by atoms with Crippen LogP contribution in [0, 0.1) is 11.6 Å². The van der Waals surface area contributed by atoms with Crippen molar-refractivity contribution in [3.8, 4) is 11.1 Å². The Kier molecular flexibility index (Phi) is 9.19. The molecule has 3 aromatic rings. The average molecular weight is 532 g/mol. The summed E-state index contributed by atoms with van der Waals surface area (Å²) in [6.07, 6.45) is 5.69. The van der Waals surface area contributed by atoms with Crippen LogP contribution in [0.1, 0.15) is 43.6 Å². The minimum atomic E-state index is -0.598. The Balaban J connectivity index is 1.44. The first kappa shape index (κ1) is 26.4. The number of urea groups is 1. The van der Waals surface area contributed by atoms with E-state index in [9.17, 15) is 13.6 Å². The molecule has 1 aliphatic carbocycles. The number of hydrogen-bond donors (Lipinski definition) is 3. The van der Waals surface area contributed by atoms with Gasteiger partial charge in [-0.3, -0.25) is 0 Å². The molecule has 3 N–H and O–H groups in total. The van der Waals surface area contributed by atoms with Gasteiger partial charge in [0.2, 0.25) is 0 Å². The lowest BCUT2D eigenvalue weighted by Crippen LogP contribution is -2.34. The molecule has 0 saturated heterocycles. The van der Waals surface area contributed by atoms with Gasteiger partial charge >= 0.3 is 6.03 Å². The molecule has 0 bridgehead atoms. The van der Waals surface area contributed by atoms with E-state index < -0.39 is 11.6 Å². The second-order valence-corrected chi connectivity index (χ2v) is 10.0. The molecule has 190 valence electrons. The fraction of sp³-hybridized carbons (Fsp3) is 0.321. The number of hydrogen-bond acceptors (Lipinski definition) is 2. The summed E-state index contributed by atoms with van der Waals surface area (Å²) in [5.74, 6) is -1.19. The Morgan fingerprint density at radius 1 is 0.944 bits per heavy atom. The lowest BCUT2D eigenvalue weighted by Gasteiger charge is -2.21. The highest BCUT2D eigenvalue weighted by atomic mass is 35.5. The third-order valence-corrected chi connectivity index (χ3v) is 6.98. The average Bonchev–Trinajstić information content (AvgIpc) is 3.34. The van der Waals surface area contributed by atoms with Crippen molar-refractivity contribution in [2.24, 2.45) is 0 Å². The minimum Gasteiger partial charge on any atom is -0.337 e. The van der Waals surface area contributed by atoms with Crippen molar-refractivity contribution in [1.82, 2.24) is 10.6 Å². The molecular weight excluding hydrogens is 503 g/mol. The molecule has 0 aromatic heterocycles. The number of benzene rings is 3. The van der Waals surface area contributed by atoms with Crippen molar-refractivity contribution in [2.45, 2.75) is 44.1 Å². The van der Waals surface area contributed by atoms with Gasteiger partial charge in [-0.25, -0.2) is 13.6 Å². The number of rotatable bonds is 9. The molecule has 1 aliphatic rings. The Bertz CT molecular complexity index is 1140. The maximum absolute atomic E-state index is 14.2. The minimum absolute atomic E-state index is 0.00659. The van der Waals surface area contributed by atoms with Crippen LogP contribution in [0.5, 0.6) is 0 Å². The number of carbonyl (C=O) groups excluding carboxylic acids is 1. The van der Waals surface area contributed by atoms with E-state index in [1.807, 2.05) is 12.1 Å². The number of halogens is 4. The van der Waals surface area contributed by atoms with Gasteiger partial charge in [0.05, 0.1) is 5.56 Å². The topological polar surface area (TPSA) is 53.2 Å². The van der Waals surface area contributed by atoms with Crippen molar-refractivity contribution in [3.63, 3.8) is 0 Å². The summed E-state index contributed by atoms with van der Waals surface area (Å²) in [5.41, 5.74) is 1.91. The number of nitrogens with one attached hydrogen (secondary N) is 3. The number of carbonyl (C=O) groups is 1. The highest BCUT2D eigenvalue weighted by molar-refractivity contribution is 6.35. The van der Waals surface area contributed by atoms with Crippen molar-refractivity contribution >= 4 is 34.9 Å². The summed E-state index contributed by atoms with van der Waals surface area (Å²) in [4.78, 5) is 12.6. The van der Waals surface area contributed by atoms with Crippen LogP contribution in [0.3, 0.4) is 0 Å². The lowest BCUT2D eigenvalue weighted by atomic mass is 9.93. The van der Waals surface area contributed by atoms with Crippen LogP contribution in [0.4, 0.5) is 19.3 Å². The van der Waals surface area contributed by atoms with Crippen LogP contribution in [0.25, 0.3) is 11.1 Å². The van der Waals surface area contributed by atoms with E-state index in [2.05, 4.69) is 16.0 Å². The maximum Gasteiger partial charge on any atom is 0.319 e. The van der Waals surface area contributed by atoms with Crippen molar-refractivity contribution in [3.05, 3.63) is 87.9 Å². The Morgan fingerprint density at radius 2 is 1.58 bits per heavy atom. The summed E-state index contributed by atoms with van der Waals surface area (Å²) in [6, 6.07) is 16.1. The summed E-state index contributed by atoms with van der Waals surface area (Å²) >= 11 is 12.0. The van der Waals surface area contributed by atoms with Crippen molar-refractivity contribution < 1.29 is 13.6 Å². The molecule has 0 aliphatic heterocycles. The normalized spacial score (nSPS) is 14.6. The van der Waals surface area contributed by atoms with Crippen LogP contribution in [0.2, 0.25) is 10.0 Å². The molecule has 4 rings (SSSR count). The SMILES string of the molecule is O=C(NCC(CCNC1CCCC1)c1ccc(-c2c(F)cccc2F)cc1)Nc1cc(Cl)cc(Cl)c1. The van der Waals surface area contributed by atoms with Crippen molar-refractivity contribution in [1.29, 1.82) is 0 Å². The van der Waals surface area contributed by atoms with Gasteiger partial charge in [0, 0.05) is 34.2 Å². The summed E-state index contributed by atoms with van der Waals surface area (Å²) in [7, 11) is 0. The monoisotopic (exact) mass is 531 g/mol. The van der Waals surface area contributed by atoms with Crippen LogP contribution in [0.15, 0.2) is 60.7 Å². The molecule has 0 heterocycles. The smallest absolute Gasteiger partial charge is 0.319 e. The molecule has 0 spiro atoms. The second-order valence-electron chi connectivity index (χ2n) is 9.13. The van der Waals surface area contributed by atoms with Crippen LogP contribution >= 0.6 is 23.2 Å². The molecule has 1 unspecified atom stereocenters. The molecule has 1 atom stereocenters. The molecule has 8 heteroatoms. The molecule has 1 fully saturated rings. The fourth-order valence-corrected chi connectivity index (χ4v) is 5.22. The van der Waals surface area contributed by atoms with Gasteiger partial charge in [0.25, 0.3) is 0 Å². The highest BCUT2D eigenvalue weighted by Gasteiger charge is 2.18. The Labute approximate surface area is 220 Å². The largest absolute Gasteiger partial charge is 0.337 e. The van der Waals surface area contributed by atoms with Gasteiger partial charge in [-0.1, -0.05) is 66.4 Å². The molecular formula is C28H29Cl2F2N3O. The number of amides is 2. The molecule has 1 saturated carbocycles. The zero-order chi connectivity index (χ0) is 25.5. The zero-order valence-corrected chi connectivity index (χ0v) is 21.3. The van der Waals surface area contributed by atoms with Gasteiger partial charge < -0.3 is 16.0 Å². The molecule has 3 aromatic carbocycles. The Hall–Kier alpha value is -2.67. The van der Waals surface area contributed by atoms with E-state index in [1.165, 1.54) is 43.9 Å². The first-order chi connectivity index (χ1) is 17.4. The van der Waals surface area contributed by atoms with E-state index in [0.29, 0.717) is 33.9 Å². The lowest BCUT2D eigenvalue weighted by molar-refractivity contribution is 0.251. The Morgan fingerprint density at radius 3 is 2.22 bits per heavy atom. The van der Waals surface area contributed by atoms with E-state index in [-0.39, 0.29) is 17.5 Å². The number of anilines is 1. The third kappa shape index (κ3) is 7.19. The third-order valence-electron chi connectivity index (χ3n) is 6.54. The first-order valence-corrected chi connectivity index (χ1v) is 12.9. The van der Waals surface area contributed by atoms with Gasteiger partial charge in [-0.2, -0.15) is 0 Å². The highest BCUT2D eigenvalue weighted by Crippen LogP contribution is 2.29. The molecule has 2 amide bonds. The van der Waals surface area contributed by atoms with Gasteiger partial charge in [0.15, 0.2) is 0 Å². The first-order valence-electron chi connectivity index (χ1n) is 12.2. The summed E-state index contributed by atoms with van der Waals surface area (Å²) < 4.78 is 28.5. The summed E-state index contributed by atoms with van der Waals surface area (Å²) in [5, 5.41) is 10.2. The van der Waals surface area contributed by atoms with Crippen molar-refractivity contribution in [2.75, 3.05) is 18.4 Å². The van der Waals surface area contributed by atoms with Crippen LogP contribution in [-0.4, -0.2) is 25.2 Å². The predicted molar refractivity (Wildman–Crippen MR) is 143 cm³/mol. The quantitative estimate of drug-likeness (QED) is 0.264.